The number of carbonyl (C=O) groups excluding carboxylic acids is 3. The average molecular weight is 331 g/mol. The van der Waals surface area contributed by atoms with Gasteiger partial charge in [-0.05, 0) is 25.0 Å². The molecule has 0 aliphatic carbocycles. The largest absolute Gasteiger partial charge is 0.354 e. The van der Waals surface area contributed by atoms with Crippen LogP contribution in [0.5, 0.6) is 0 Å². The van der Waals surface area contributed by atoms with Gasteiger partial charge in [0.05, 0.1) is 6.54 Å². The molecule has 0 bridgehead atoms. The maximum atomic E-state index is 12.1. The van der Waals surface area contributed by atoms with Gasteiger partial charge in [0.15, 0.2) is 0 Å². The van der Waals surface area contributed by atoms with Gasteiger partial charge in [0.1, 0.15) is 0 Å². The number of hydrogen-bond acceptors (Lipinski definition) is 3. The highest BCUT2D eigenvalue weighted by Gasteiger charge is 2.15. The van der Waals surface area contributed by atoms with E-state index in [0.29, 0.717) is 18.5 Å². The number of hydrogen-bond donors (Lipinski definition) is 2. The molecule has 1 heterocycles. The Morgan fingerprint density at radius 1 is 0.917 bits per heavy atom. The van der Waals surface area contributed by atoms with Crippen LogP contribution in [0, 0.1) is 0 Å². The van der Waals surface area contributed by atoms with Gasteiger partial charge in [-0.3, -0.25) is 14.4 Å². The average Bonchev–Trinajstić information content (AvgIpc) is 2.90. The molecule has 24 heavy (non-hydrogen) atoms. The predicted octanol–water partition coefficient (Wildman–Crippen LogP) is 1.33. The lowest BCUT2D eigenvalue weighted by atomic mass is 10.2. The fraction of sp³-hybridized carbons (Fsp3) is 0.500. The van der Waals surface area contributed by atoms with Crippen molar-refractivity contribution in [3.63, 3.8) is 0 Å². The fourth-order valence-corrected chi connectivity index (χ4v) is 2.70. The molecule has 0 radical (unpaired) electrons. The Kier molecular flexibility index (Phi) is 7.26. The standard InChI is InChI=1S/C18H25N3O3/c22-16(14-20-18(24)15-8-4-3-5-9-15)19-11-10-17(23)21-12-6-1-2-7-13-21/h3-5,8-9H,1-2,6-7,10-14H2,(H,19,22)(H,20,24). The van der Waals surface area contributed by atoms with E-state index in [9.17, 15) is 14.4 Å². The van der Waals surface area contributed by atoms with Crippen LogP contribution < -0.4 is 10.6 Å². The van der Waals surface area contributed by atoms with Crippen molar-refractivity contribution in [1.29, 1.82) is 0 Å². The van der Waals surface area contributed by atoms with Crippen LogP contribution in [0.1, 0.15) is 42.5 Å². The number of nitrogens with one attached hydrogen (secondary N) is 2. The molecule has 1 aromatic carbocycles. The van der Waals surface area contributed by atoms with Crippen molar-refractivity contribution in [2.45, 2.75) is 32.1 Å². The molecule has 0 aromatic heterocycles. The molecule has 1 aliphatic rings. The second-order valence-electron chi connectivity index (χ2n) is 5.94. The second-order valence-corrected chi connectivity index (χ2v) is 5.94. The number of nitrogens with zero attached hydrogens (tertiary/aromatic N) is 1. The minimum Gasteiger partial charge on any atom is -0.354 e. The smallest absolute Gasteiger partial charge is 0.251 e. The van der Waals surface area contributed by atoms with Gasteiger partial charge in [-0.1, -0.05) is 31.0 Å². The Hall–Kier alpha value is -2.37. The molecule has 6 nitrogen and oxygen atoms in total. The summed E-state index contributed by atoms with van der Waals surface area (Å²) in [5.41, 5.74) is 0.515. The molecule has 1 fully saturated rings. The van der Waals surface area contributed by atoms with Crippen molar-refractivity contribution in [2.24, 2.45) is 0 Å². The highest BCUT2D eigenvalue weighted by Crippen LogP contribution is 2.10. The summed E-state index contributed by atoms with van der Waals surface area (Å²) in [5.74, 6) is -0.486. The van der Waals surface area contributed by atoms with Crippen LogP contribution in [-0.4, -0.2) is 48.8 Å². The van der Waals surface area contributed by atoms with E-state index in [4.69, 9.17) is 0 Å². The predicted molar refractivity (Wildman–Crippen MR) is 91.4 cm³/mol. The van der Waals surface area contributed by atoms with Crippen molar-refractivity contribution in [3.8, 4) is 0 Å². The van der Waals surface area contributed by atoms with Crippen LogP contribution in [0.25, 0.3) is 0 Å². The molecule has 130 valence electrons. The van der Waals surface area contributed by atoms with Crippen molar-refractivity contribution in [3.05, 3.63) is 35.9 Å². The lowest BCUT2D eigenvalue weighted by Gasteiger charge is -2.20. The van der Waals surface area contributed by atoms with Gasteiger partial charge in [-0.15, -0.1) is 0 Å². The van der Waals surface area contributed by atoms with Gasteiger partial charge < -0.3 is 15.5 Å². The number of benzene rings is 1. The molecule has 1 aromatic rings. The Bertz CT molecular complexity index is 552. The van der Waals surface area contributed by atoms with Gasteiger partial charge in [-0.25, -0.2) is 0 Å². The maximum absolute atomic E-state index is 12.1. The molecule has 0 spiro atoms. The Labute approximate surface area is 142 Å². The first kappa shape index (κ1) is 18.0. The molecule has 6 heteroatoms. The Morgan fingerprint density at radius 2 is 1.58 bits per heavy atom. The minimum absolute atomic E-state index is 0.0884. The Morgan fingerprint density at radius 3 is 2.25 bits per heavy atom. The zero-order chi connectivity index (χ0) is 17.2. The topological polar surface area (TPSA) is 78.5 Å². The van der Waals surface area contributed by atoms with Crippen molar-refractivity contribution >= 4 is 17.7 Å². The van der Waals surface area contributed by atoms with Crippen molar-refractivity contribution < 1.29 is 14.4 Å². The van der Waals surface area contributed by atoms with Crippen molar-refractivity contribution in [1.82, 2.24) is 15.5 Å². The maximum Gasteiger partial charge on any atom is 0.251 e. The number of amides is 3. The molecular formula is C18H25N3O3. The first-order valence-electron chi connectivity index (χ1n) is 8.54. The van der Waals surface area contributed by atoms with Gasteiger partial charge >= 0.3 is 0 Å². The van der Waals surface area contributed by atoms with Crippen LogP contribution >= 0.6 is 0 Å². The normalized spacial score (nSPS) is 14.6. The molecule has 2 rings (SSSR count). The summed E-state index contributed by atoms with van der Waals surface area (Å²) in [7, 11) is 0. The van der Waals surface area contributed by atoms with Crippen molar-refractivity contribution in [2.75, 3.05) is 26.2 Å². The molecule has 0 unspecified atom stereocenters. The van der Waals surface area contributed by atoms with Crippen LogP contribution in [0.15, 0.2) is 30.3 Å². The number of likely N-dealkylation sites (tertiary alicyclic amines) is 1. The number of carbonyl (C=O) groups is 3. The lowest BCUT2D eigenvalue weighted by Crippen LogP contribution is -2.39. The van der Waals surface area contributed by atoms with Crippen LogP contribution in [0.4, 0.5) is 0 Å². The van der Waals surface area contributed by atoms with Gasteiger partial charge in [0.25, 0.3) is 5.91 Å². The third-order valence-corrected chi connectivity index (χ3v) is 4.07. The minimum atomic E-state index is -0.289. The summed E-state index contributed by atoms with van der Waals surface area (Å²) in [5, 5.41) is 5.24. The fourth-order valence-electron chi connectivity index (χ4n) is 2.70. The van der Waals surface area contributed by atoms with E-state index in [1.807, 2.05) is 11.0 Å². The summed E-state index contributed by atoms with van der Waals surface area (Å²) < 4.78 is 0. The SMILES string of the molecule is O=C(CNC(=O)c1ccccc1)NCCC(=O)N1CCCCCC1. The van der Waals surface area contributed by atoms with E-state index < -0.39 is 0 Å². The quantitative estimate of drug-likeness (QED) is 0.825. The molecular weight excluding hydrogens is 306 g/mol. The lowest BCUT2D eigenvalue weighted by molar-refractivity contribution is -0.131. The highest BCUT2D eigenvalue weighted by molar-refractivity contribution is 5.96. The van der Waals surface area contributed by atoms with E-state index >= 15 is 0 Å². The van der Waals surface area contributed by atoms with E-state index in [0.717, 1.165) is 25.9 Å². The molecule has 0 saturated carbocycles. The summed E-state index contributed by atoms with van der Waals surface area (Å²) in [6.07, 6.45) is 4.79. The third kappa shape index (κ3) is 6.02. The summed E-state index contributed by atoms with van der Waals surface area (Å²) in [4.78, 5) is 37.5. The first-order chi connectivity index (χ1) is 11.7. The number of rotatable bonds is 6. The monoisotopic (exact) mass is 331 g/mol. The first-order valence-corrected chi connectivity index (χ1v) is 8.54. The van der Waals surface area contributed by atoms with Gasteiger partial charge in [0, 0.05) is 31.6 Å². The zero-order valence-electron chi connectivity index (χ0n) is 13.9. The van der Waals surface area contributed by atoms with Crippen LogP contribution in [0.2, 0.25) is 0 Å². The molecule has 3 amide bonds. The highest BCUT2D eigenvalue weighted by atomic mass is 16.2. The summed E-state index contributed by atoms with van der Waals surface area (Å²) in [6.45, 7) is 1.85. The van der Waals surface area contributed by atoms with Crippen LogP contribution in [0.3, 0.4) is 0 Å². The van der Waals surface area contributed by atoms with E-state index in [-0.39, 0.29) is 24.3 Å². The molecule has 2 N–H and O–H groups in total. The molecule has 0 atom stereocenters. The van der Waals surface area contributed by atoms with E-state index in [2.05, 4.69) is 10.6 Å². The molecule has 1 aliphatic heterocycles. The summed E-state index contributed by atoms with van der Waals surface area (Å²) in [6, 6.07) is 8.73. The van der Waals surface area contributed by atoms with E-state index in [1.165, 1.54) is 12.8 Å². The van der Waals surface area contributed by atoms with Crippen LogP contribution in [-0.2, 0) is 9.59 Å². The summed E-state index contributed by atoms with van der Waals surface area (Å²) >= 11 is 0. The van der Waals surface area contributed by atoms with E-state index in [1.54, 1.807) is 24.3 Å². The zero-order valence-corrected chi connectivity index (χ0v) is 13.9. The second kappa shape index (κ2) is 9.70. The molecule has 1 saturated heterocycles. The van der Waals surface area contributed by atoms with Gasteiger partial charge in [0.2, 0.25) is 11.8 Å². The third-order valence-electron chi connectivity index (χ3n) is 4.07. The Balaban J connectivity index is 1.62. The van der Waals surface area contributed by atoms with Gasteiger partial charge in [-0.2, -0.15) is 0 Å².